The number of hydrogen-bond donors (Lipinski definition) is 1. The van der Waals surface area contributed by atoms with E-state index < -0.39 is 28.4 Å². The van der Waals surface area contributed by atoms with Crippen LogP contribution in [0.25, 0.3) is 0 Å². The van der Waals surface area contributed by atoms with E-state index in [9.17, 15) is 20.0 Å². The molecule has 0 amide bonds. The zero-order chi connectivity index (χ0) is 17.1. The van der Waals surface area contributed by atoms with Crippen LogP contribution in [0.3, 0.4) is 0 Å². The number of halogens is 2. The molecule has 0 fully saturated rings. The molecule has 2 aromatic rings. The van der Waals surface area contributed by atoms with Gasteiger partial charge in [-0.3, -0.25) is 14.8 Å². The fourth-order valence-electron chi connectivity index (χ4n) is 1.88. The van der Waals surface area contributed by atoms with Crippen LogP contribution in [0.1, 0.15) is 22.2 Å². The number of hydrogen-bond acceptors (Lipinski definition) is 6. The standard InChI is InChI=1S/C13H11Cl2N3O5/c1-23-13(20)12-10(18(21)22)5-17(16-12)6-11(19)7-2-3-8(14)9(15)4-7/h2-5,11,19H,6H2,1H3/t11-/m0/s1. The predicted molar refractivity (Wildman–Crippen MR) is 81.6 cm³/mol. The summed E-state index contributed by atoms with van der Waals surface area (Å²) in [6.07, 6.45) is 0.00210. The van der Waals surface area contributed by atoms with Crippen LogP contribution in [-0.4, -0.2) is 32.9 Å². The highest BCUT2D eigenvalue weighted by Crippen LogP contribution is 2.27. The summed E-state index contributed by atoms with van der Waals surface area (Å²) in [4.78, 5) is 21.7. The van der Waals surface area contributed by atoms with Crippen molar-refractivity contribution in [3.8, 4) is 0 Å². The van der Waals surface area contributed by atoms with Crippen molar-refractivity contribution in [2.75, 3.05) is 7.11 Å². The number of methoxy groups -OCH3 is 1. The maximum Gasteiger partial charge on any atom is 0.365 e. The van der Waals surface area contributed by atoms with Gasteiger partial charge in [0.2, 0.25) is 5.69 Å². The third-order valence-corrected chi connectivity index (χ3v) is 3.75. The van der Waals surface area contributed by atoms with Crippen LogP contribution in [0.5, 0.6) is 0 Å². The van der Waals surface area contributed by atoms with Crippen LogP contribution in [0.4, 0.5) is 5.69 Å². The van der Waals surface area contributed by atoms with E-state index >= 15 is 0 Å². The molecule has 23 heavy (non-hydrogen) atoms. The van der Waals surface area contributed by atoms with E-state index in [2.05, 4.69) is 9.84 Å². The van der Waals surface area contributed by atoms with Crippen molar-refractivity contribution in [1.29, 1.82) is 0 Å². The van der Waals surface area contributed by atoms with E-state index in [4.69, 9.17) is 23.2 Å². The van der Waals surface area contributed by atoms with Crippen molar-refractivity contribution in [2.45, 2.75) is 12.6 Å². The first-order valence-electron chi connectivity index (χ1n) is 6.26. The smallest absolute Gasteiger partial charge is 0.365 e. The molecule has 1 aromatic carbocycles. The van der Waals surface area contributed by atoms with Crippen LogP contribution >= 0.6 is 23.2 Å². The van der Waals surface area contributed by atoms with Gasteiger partial charge in [0.05, 0.1) is 34.7 Å². The number of carbonyl (C=O) groups excluding carboxylic acids is 1. The highest BCUT2D eigenvalue weighted by Gasteiger charge is 2.27. The summed E-state index contributed by atoms with van der Waals surface area (Å²) in [6.45, 7) is -0.115. The molecular weight excluding hydrogens is 349 g/mol. The van der Waals surface area contributed by atoms with Gasteiger partial charge < -0.3 is 9.84 Å². The minimum Gasteiger partial charge on any atom is -0.464 e. The quantitative estimate of drug-likeness (QED) is 0.499. The first-order chi connectivity index (χ1) is 10.8. The Morgan fingerprint density at radius 3 is 2.74 bits per heavy atom. The molecule has 0 aliphatic carbocycles. The molecule has 1 N–H and O–H groups in total. The summed E-state index contributed by atoms with van der Waals surface area (Å²) in [6, 6.07) is 4.57. The van der Waals surface area contributed by atoms with Crippen molar-refractivity contribution in [1.82, 2.24) is 9.78 Å². The molecule has 122 valence electrons. The Hall–Kier alpha value is -2.16. The van der Waals surface area contributed by atoms with Gasteiger partial charge in [-0.05, 0) is 17.7 Å². The average Bonchev–Trinajstić information content (AvgIpc) is 2.93. The summed E-state index contributed by atoms with van der Waals surface area (Å²) in [5.41, 5.74) is -0.478. The first-order valence-corrected chi connectivity index (χ1v) is 7.02. The van der Waals surface area contributed by atoms with Gasteiger partial charge in [0.25, 0.3) is 0 Å². The summed E-state index contributed by atoms with van der Waals surface area (Å²) < 4.78 is 5.54. The van der Waals surface area contributed by atoms with Crippen LogP contribution in [0.15, 0.2) is 24.4 Å². The normalized spacial score (nSPS) is 12.0. The number of carbonyl (C=O) groups is 1. The molecule has 0 aliphatic rings. The van der Waals surface area contributed by atoms with Gasteiger partial charge in [0.15, 0.2) is 0 Å². The number of nitrogens with zero attached hydrogens (tertiary/aromatic N) is 3. The Morgan fingerprint density at radius 2 is 2.17 bits per heavy atom. The van der Waals surface area contributed by atoms with Gasteiger partial charge in [0, 0.05) is 0 Å². The van der Waals surface area contributed by atoms with E-state index in [0.29, 0.717) is 10.6 Å². The fraction of sp³-hybridized carbons (Fsp3) is 0.231. The molecule has 0 spiro atoms. The molecule has 8 nitrogen and oxygen atoms in total. The van der Waals surface area contributed by atoms with Crippen LogP contribution < -0.4 is 0 Å². The van der Waals surface area contributed by atoms with E-state index in [1.807, 2.05) is 0 Å². The fourth-order valence-corrected chi connectivity index (χ4v) is 2.19. The van der Waals surface area contributed by atoms with Crippen LogP contribution in [-0.2, 0) is 11.3 Å². The van der Waals surface area contributed by atoms with Gasteiger partial charge in [-0.2, -0.15) is 5.10 Å². The number of nitro groups is 1. The average molecular weight is 360 g/mol. The summed E-state index contributed by atoms with van der Waals surface area (Å²) in [5.74, 6) is -0.931. The minimum absolute atomic E-state index is 0.115. The molecule has 0 aliphatic heterocycles. The molecule has 0 saturated heterocycles. The molecule has 0 unspecified atom stereocenters. The van der Waals surface area contributed by atoms with Crippen molar-refractivity contribution < 1.29 is 19.6 Å². The Bertz CT molecular complexity index is 762. The number of ether oxygens (including phenoxy) is 1. The molecule has 0 bridgehead atoms. The Kier molecular flexibility index (Phi) is 5.19. The third kappa shape index (κ3) is 3.79. The highest BCUT2D eigenvalue weighted by atomic mass is 35.5. The monoisotopic (exact) mass is 359 g/mol. The summed E-state index contributed by atoms with van der Waals surface area (Å²) in [5, 5.41) is 25.5. The summed E-state index contributed by atoms with van der Waals surface area (Å²) in [7, 11) is 1.09. The number of aliphatic hydroxyl groups excluding tert-OH is 1. The second-order valence-corrected chi connectivity index (χ2v) is 5.34. The molecule has 1 aromatic heterocycles. The molecular formula is C13H11Cl2N3O5. The van der Waals surface area contributed by atoms with Gasteiger partial charge in [0.1, 0.15) is 6.20 Å². The van der Waals surface area contributed by atoms with Crippen LogP contribution in [0.2, 0.25) is 10.0 Å². The molecule has 0 radical (unpaired) electrons. The van der Waals surface area contributed by atoms with Gasteiger partial charge in [-0.1, -0.05) is 29.3 Å². The number of benzene rings is 1. The van der Waals surface area contributed by atoms with Crippen molar-refractivity contribution in [3.05, 3.63) is 55.8 Å². The van der Waals surface area contributed by atoms with E-state index in [0.717, 1.165) is 18.0 Å². The SMILES string of the molecule is COC(=O)c1nn(C[C@H](O)c2ccc(Cl)c(Cl)c2)cc1[N+](=O)[O-]. The lowest BCUT2D eigenvalue weighted by Gasteiger charge is -2.11. The van der Waals surface area contributed by atoms with Crippen molar-refractivity contribution >= 4 is 34.9 Å². The van der Waals surface area contributed by atoms with E-state index in [1.165, 1.54) is 12.1 Å². The lowest BCUT2D eigenvalue weighted by atomic mass is 10.1. The maximum atomic E-state index is 11.5. The zero-order valence-corrected chi connectivity index (χ0v) is 13.3. The number of aromatic nitrogens is 2. The zero-order valence-electron chi connectivity index (χ0n) is 11.8. The molecule has 1 atom stereocenters. The molecule has 1 heterocycles. The van der Waals surface area contributed by atoms with E-state index in [-0.39, 0.29) is 11.6 Å². The van der Waals surface area contributed by atoms with Gasteiger partial charge in [-0.15, -0.1) is 0 Å². The molecule has 0 saturated carbocycles. The number of rotatable bonds is 5. The summed E-state index contributed by atoms with van der Waals surface area (Å²) >= 11 is 11.7. The topological polar surface area (TPSA) is 107 Å². The molecule has 2 rings (SSSR count). The molecule has 10 heteroatoms. The van der Waals surface area contributed by atoms with Crippen LogP contribution in [0, 0.1) is 10.1 Å². The largest absolute Gasteiger partial charge is 0.464 e. The number of esters is 1. The minimum atomic E-state index is -1.05. The lowest BCUT2D eigenvalue weighted by Crippen LogP contribution is -2.11. The highest BCUT2D eigenvalue weighted by molar-refractivity contribution is 6.42. The number of aliphatic hydroxyl groups is 1. The Morgan fingerprint density at radius 1 is 1.48 bits per heavy atom. The van der Waals surface area contributed by atoms with Gasteiger partial charge >= 0.3 is 11.7 Å². The van der Waals surface area contributed by atoms with Gasteiger partial charge in [-0.25, -0.2) is 4.79 Å². The first kappa shape index (κ1) is 17.2. The third-order valence-electron chi connectivity index (χ3n) is 3.01. The Labute approximate surface area is 140 Å². The maximum absolute atomic E-state index is 11.5. The van der Waals surface area contributed by atoms with E-state index in [1.54, 1.807) is 6.07 Å². The van der Waals surface area contributed by atoms with Crippen molar-refractivity contribution in [3.63, 3.8) is 0 Å². The van der Waals surface area contributed by atoms with Crippen molar-refractivity contribution in [2.24, 2.45) is 0 Å². The Balaban J connectivity index is 2.27. The second kappa shape index (κ2) is 6.95. The lowest BCUT2D eigenvalue weighted by molar-refractivity contribution is -0.385. The second-order valence-electron chi connectivity index (χ2n) is 4.52. The predicted octanol–water partition coefficient (Wildman–Crippen LogP) is 2.62.